The molecule has 6 atom stereocenters. The molecule has 6 unspecified atom stereocenters. The zero-order chi connectivity index (χ0) is 21.9. The van der Waals surface area contributed by atoms with Crippen LogP contribution in [-0.2, 0) is 14.3 Å². The number of rotatable bonds is 8. The third kappa shape index (κ3) is 4.45. The van der Waals surface area contributed by atoms with Crippen molar-refractivity contribution in [3.63, 3.8) is 0 Å². The van der Waals surface area contributed by atoms with Gasteiger partial charge in [0.25, 0.3) is 0 Å². The zero-order valence-corrected chi connectivity index (χ0v) is 18.8. The van der Waals surface area contributed by atoms with E-state index in [1.165, 1.54) is 18.4 Å². The lowest BCUT2D eigenvalue weighted by molar-refractivity contribution is -0.138. The molecule has 0 aromatic carbocycles. The van der Waals surface area contributed by atoms with Crippen LogP contribution in [0.5, 0.6) is 0 Å². The number of ether oxygens (including phenoxy) is 1. The maximum Gasteiger partial charge on any atom is 0.322 e. The molecule has 3 fully saturated rings. The zero-order valence-electron chi connectivity index (χ0n) is 18.8. The van der Waals surface area contributed by atoms with E-state index < -0.39 is 11.9 Å². The number of aliphatic hydroxyl groups excluding tert-OH is 1. The average Bonchev–Trinajstić information content (AvgIpc) is 3.00. The van der Waals surface area contributed by atoms with E-state index in [4.69, 9.17) is 9.84 Å². The first-order valence-electron chi connectivity index (χ1n) is 11.7. The number of carbonyl (C=O) groups is 2. The Morgan fingerprint density at radius 1 is 1.20 bits per heavy atom. The number of amides is 1. The molecular formula is C24H39NO5. The maximum atomic E-state index is 11.6. The number of hydrogen-bond donors (Lipinski definition) is 3. The van der Waals surface area contributed by atoms with Crippen LogP contribution < -0.4 is 5.32 Å². The first-order valence-corrected chi connectivity index (χ1v) is 11.7. The molecule has 0 heterocycles. The molecule has 0 spiro atoms. The molecule has 3 aliphatic carbocycles. The SMILES string of the molecule is CCCC1(C)C(=CCOCC(=O)NCC(=O)O)CCC2C1CCC1(C)C(O)CCC21. The fourth-order valence-corrected chi connectivity index (χ4v) is 7.04. The Hall–Kier alpha value is -1.40. The summed E-state index contributed by atoms with van der Waals surface area (Å²) in [5.41, 5.74) is 1.71. The molecule has 3 rings (SSSR count). The topological polar surface area (TPSA) is 95.9 Å². The molecule has 30 heavy (non-hydrogen) atoms. The minimum atomic E-state index is -1.06. The number of hydrogen-bond acceptors (Lipinski definition) is 4. The second-order valence-corrected chi connectivity index (χ2v) is 10.1. The lowest BCUT2D eigenvalue weighted by Crippen LogP contribution is -2.50. The molecule has 0 bridgehead atoms. The number of aliphatic carboxylic acids is 1. The molecule has 6 nitrogen and oxygen atoms in total. The molecule has 1 amide bonds. The van der Waals surface area contributed by atoms with Gasteiger partial charge in [0, 0.05) is 0 Å². The summed E-state index contributed by atoms with van der Waals surface area (Å²) in [6.07, 6.45) is 11.0. The minimum Gasteiger partial charge on any atom is -0.480 e. The molecule has 170 valence electrons. The van der Waals surface area contributed by atoms with Gasteiger partial charge < -0.3 is 20.3 Å². The van der Waals surface area contributed by atoms with E-state index in [2.05, 4.69) is 32.2 Å². The predicted molar refractivity (Wildman–Crippen MR) is 115 cm³/mol. The minimum absolute atomic E-state index is 0.0991. The van der Waals surface area contributed by atoms with Crippen LogP contribution >= 0.6 is 0 Å². The summed E-state index contributed by atoms with van der Waals surface area (Å²) < 4.78 is 5.52. The Kier molecular flexibility index (Phi) is 7.28. The van der Waals surface area contributed by atoms with Crippen molar-refractivity contribution < 1.29 is 24.5 Å². The molecule has 6 heteroatoms. The van der Waals surface area contributed by atoms with Gasteiger partial charge in [0.1, 0.15) is 13.2 Å². The van der Waals surface area contributed by atoms with Crippen LogP contribution in [0, 0.1) is 28.6 Å². The number of aliphatic hydroxyl groups is 1. The molecule has 0 saturated heterocycles. The van der Waals surface area contributed by atoms with E-state index in [0.717, 1.165) is 38.5 Å². The van der Waals surface area contributed by atoms with Crippen LogP contribution in [0.15, 0.2) is 11.6 Å². The largest absolute Gasteiger partial charge is 0.480 e. The molecule has 3 saturated carbocycles. The van der Waals surface area contributed by atoms with E-state index in [0.29, 0.717) is 24.4 Å². The van der Waals surface area contributed by atoms with Crippen molar-refractivity contribution >= 4 is 11.9 Å². The van der Waals surface area contributed by atoms with E-state index in [1.54, 1.807) is 0 Å². The number of carboxylic acids is 1. The van der Waals surface area contributed by atoms with Crippen LogP contribution in [0.25, 0.3) is 0 Å². The number of nitrogens with one attached hydrogen (secondary N) is 1. The summed E-state index contributed by atoms with van der Waals surface area (Å²) in [5.74, 6) is 0.522. The van der Waals surface area contributed by atoms with E-state index in [-0.39, 0.29) is 30.1 Å². The Balaban J connectivity index is 1.65. The van der Waals surface area contributed by atoms with E-state index in [9.17, 15) is 14.7 Å². The normalized spacial score (nSPS) is 39.4. The van der Waals surface area contributed by atoms with Crippen molar-refractivity contribution in [2.45, 2.75) is 78.2 Å². The van der Waals surface area contributed by atoms with Gasteiger partial charge in [0.15, 0.2) is 0 Å². The second-order valence-electron chi connectivity index (χ2n) is 10.1. The summed E-state index contributed by atoms with van der Waals surface area (Å²) in [4.78, 5) is 22.2. The Morgan fingerprint density at radius 2 is 1.97 bits per heavy atom. The van der Waals surface area contributed by atoms with Crippen molar-refractivity contribution in [1.29, 1.82) is 0 Å². The first kappa shape index (κ1) is 23.3. The van der Waals surface area contributed by atoms with Gasteiger partial charge in [-0.05, 0) is 73.5 Å². The smallest absolute Gasteiger partial charge is 0.322 e. The second kappa shape index (κ2) is 9.39. The molecule has 3 N–H and O–H groups in total. The molecule has 0 aromatic rings. The van der Waals surface area contributed by atoms with Crippen molar-refractivity contribution in [2.75, 3.05) is 19.8 Å². The van der Waals surface area contributed by atoms with E-state index in [1.807, 2.05) is 0 Å². The van der Waals surface area contributed by atoms with Crippen LogP contribution in [0.3, 0.4) is 0 Å². The van der Waals surface area contributed by atoms with Crippen LogP contribution in [0.4, 0.5) is 0 Å². The lowest BCUT2D eigenvalue weighted by Gasteiger charge is -2.57. The predicted octanol–water partition coefficient (Wildman–Crippen LogP) is 3.53. The van der Waals surface area contributed by atoms with Gasteiger partial charge in [-0.25, -0.2) is 0 Å². The Bertz CT molecular complexity index is 677. The standard InChI is InChI=1S/C24H39NO5/c1-4-11-23(2)16(10-13-30-15-21(27)25-14-22(28)29)5-6-17-18-7-8-20(26)24(18,3)12-9-19(17)23/h10,17-20,26H,4-9,11-15H2,1-3H3,(H,25,27)(H,28,29). The highest BCUT2D eigenvalue weighted by molar-refractivity contribution is 5.81. The number of carboxylic acid groups (broad SMARTS) is 1. The molecule has 0 aliphatic heterocycles. The summed E-state index contributed by atoms with van der Waals surface area (Å²) in [6.45, 7) is 6.88. The van der Waals surface area contributed by atoms with Crippen LogP contribution in [-0.4, -0.2) is 48.0 Å². The first-order chi connectivity index (χ1) is 14.2. The molecular weight excluding hydrogens is 382 g/mol. The molecule has 3 aliphatic rings. The van der Waals surface area contributed by atoms with E-state index >= 15 is 0 Å². The monoisotopic (exact) mass is 421 g/mol. The number of fused-ring (bicyclic) bond motifs is 3. The highest BCUT2D eigenvalue weighted by Crippen LogP contribution is 2.64. The fraction of sp³-hybridized carbons (Fsp3) is 0.833. The Morgan fingerprint density at radius 3 is 2.67 bits per heavy atom. The summed E-state index contributed by atoms with van der Waals surface area (Å²) in [7, 11) is 0. The van der Waals surface area contributed by atoms with Crippen LogP contribution in [0.2, 0.25) is 0 Å². The van der Waals surface area contributed by atoms with Crippen molar-refractivity contribution in [3.05, 3.63) is 11.6 Å². The van der Waals surface area contributed by atoms with Gasteiger partial charge in [-0.15, -0.1) is 0 Å². The van der Waals surface area contributed by atoms with Crippen molar-refractivity contribution in [1.82, 2.24) is 5.32 Å². The molecule has 0 aromatic heterocycles. The van der Waals surface area contributed by atoms with Gasteiger partial charge >= 0.3 is 5.97 Å². The maximum absolute atomic E-state index is 11.6. The van der Waals surface area contributed by atoms with Crippen LogP contribution in [0.1, 0.15) is 72.1 Å². The van der Waals surface area contributed by atoms with Crippen molar-refractivity contribution in [3.8, 4) is 0 Å². The lowest BCUT2D eigenvalue weighted by atomic mass is 9.48. The van der Waals surface area contributed by atoms with Gasteiger partial charge in [-0.3, -0.25) is 9.59 Å². The summed E-state index contributed by atoms with van der Waals surface area (Å²) in [5, 5.41) is 21.6. The fourth-order valence-electron chi connectivity index (χ4n) is 7.04. The summed E-state index contributed by atoms with van der Waals surface area (Å²) >= 11 is 0. The highest BCUT2D eigenvalue weighted by atomic mass is 16.5. The third-order valence-electron chi connectivity index (χ3n) is 8.57. The Labute approximate surface area is 180 Å². The van der Waals surface area contributed by atoms with Gasteiger partial charge in [0.05, 0.1) is 12.7 Å². The number of allylic oxidation sites excluding steroid dienone is 1. The highest BCUT2D eigenvalue weighted by Gasteiger charge is 2.58. The molecule has 0 radical (unpaired) electrons. The number of carbonyl (C=O) groups excluding carboxylic acids is 1. The quantitative estimate of drug-likeness (QED) is 0.412. The van der Waals surface area contributed by atoms with Gasteiger partial charge in [-0.1, -0.05) is 38.8 Å². The van der Waals surface area contributed by atoms with Gasteiger partial charge in [-0.2, -0.15) is 0 Å². The third-order valence-corrected chi connectivity index (χ3v) is 8.57. The summed E-state index contributed by atoms with van der Waals surface area (Å²) in [6, 6.07) is 0. The van der Waals surface area contributed by atoms with Gasteiger partial charge in [0.2, 0.25) is 5.91 Å². The van der Waals surface area contributed by atoms with Crippen molar-refractivity contribution in [2.24, 2.45) is 28.6 Å². The average molecular weight is 422 g/mol.